The average molecular weight is 370 g/mol. The van der Waals surface area contributed by atoms with E-state index in [-0.39, 0.29) is 5.91 Å². The van der Waals surface area contributed by atoms with Crippen LogP contribution in [-0.4, -0.2) is 22.3 Å². The lowest BCUT2D eigenvalue weighted by atomic mass is 10.1. The number of amides is 1. The highest BCUT2D eigenvalue weighted by atomic mass is 32.1. The van der Waals surface area contributed by atoms with E-state index >= 15 is 0 Å². The van der Waals surface area contributed by atoms with Gasteiger partial charge in [0, 0.05) is 23.3 Å². The van der Waals surface area contributed by atoms with E-state index in [0.717, 1.165) is 36.0 Å². The lowest BCUT2D eigenvalue weighted by molar-refractivity contribution is -0.131. The van der Waals surface area contributed by atoms with Crippen molar-refractivity contribution in [3.05, 3.63) is 68.3 Å². The van der Waals surface area contributed by atoms with Crippen molar-refractivity contribution < 1.29 is 9.53 Å². The number of carbonyl (C=O) groups excluding carboxylic acids is 1. The Labute approximate surface area is 154 Å². The second-order valence-electron chi connectivity index (χ2n) is 5.95. The molecule has 0 aliphatic carbocycles. The average Bonchev–Trinajstić information content (AvgIpc) is 3.29. The van der Waals surface area contributed by atoms with Crippen LogP contribution in [-0.2, 0) is 30.8 Å². The molecule has 0 unspecified atom stereocenters. The molecule has 0 fully saturated rings. The Balaban J connectivity index is 1.32. The summed E-state index contributed by atoms with van der Waals surface area (Å²) in [6.45, 7) is 1.97. The number of thiazole rings is 1. The van der Waals surface area contributed by atoms with Crippen LogP contribution in [0, 0.1) is 0 Å². The van der Waals surface area contributed by atoms with Crippen molar-refractivity contribution in [2.45, 2.75) is 26.0 Å². The van der Waals surface area contributed by atoms with Gasteiger partial charge in [0.15, 0.2) is 0 Å². The number of hydrogen-bond acceptors (Lipinski definition) is 5. The molecule has 4 rings (SSSR count). The maximum atomic E-state index is 12.6. The lowest BCUT2D eigenvalue weighted by Crippen LogP contribution is -2.36. The van der Waals surface area contributed by atoms with E-state index in [2.05, 4.69) is 16.4 Å². The summed E-state index contributed by atoms with van der Waals surface area (Å²) in [7, 11) is 0. The van der Waals surface area contributed by atoms with E-state index in [9.17, 15) is 4.79 Å². The van der Waals surface area contributed by atoms with Gasteiger partial charge in [0.1, 0.15) is 17.4 Å². The summed E-state index contributed by atoms with van der Waals surface area (Å²) in [5.41, 5.74) is 2.12. The Morgan fingerprint density at radius 2 is 2.08 bits per heavy atom. The largest absolute Gasteiger partial charge is 0.486 e. The molecule has 1 aliphatic rings. The zero-order valence-electron chi connectivity index (χ0n) is 13.7. The maximum Gasteiger partial charge on any atom is 0.228 e. The first kappa shape index (κ1) is 16.3. The van der Waals surface area contributed by atoms with E-state index in [1.54, 1.807) is 22.7 Å². The van der Waals surface area contributed by atoms with Gasteiger partial charge in [0.05, 0.1) is 12.1 Å². The Hall–Kier alpha value is -2.18. The maximum absolute atomic E-state index is 12.6. The predicted octanol–water partition coefficient (Wildman–Crippen LogP) is 3.91. The fraction of sp³-hybridized carbons (Fsp3) is 0.263. The highest BCUT2D eigenvalue weighted by molar-refractivity contribution is 7.10. The van der Waals surface area contributed by atoms with Gasteiger partial charge in [-0.2, -0.15) is 0 Å². The molecule has 2 aromatic heterocycles. The predicted molar refractivity (Wildman–Crippen MR) is 100 cm³/mol. The molecule has 0 N–H and O–H groups in total. The van der Waals surface area contributed by atoms with Crippen LogP contribution in [0.3, 0.4) is 0 Å². The molecule has 0 saturated heterocycles. The molecule has 6 heteroatoms. The van der Waals surface area contributed by atoms with Crippen molar-refractivity contribution in [2.75, 3.05) is 6.54 Å². The number of rotatable bonds is 5. The van der Waals surface area contributed by atoms with Crippen molar-refractivity contribution in [3.8, 4) is 5.75 Å². The standard InChI is InChI=1S/C19H18N2O2S2/c22-19(21-8-6-17-14(11-21)7-9-24-17)10-15-13-25-18(20-15)12-23-16-4-2-1-3-5-16/h1-5,7,9,13H,6,8,10-12H2. The van der Waals surface area contributed by atoms with Crippen molar-refractivity contribution >= 4 is 28.6 Å². The topological polar surface area (TPSA) is 42.4 Å². The van der Waals surface area contributed by atoms with Crippen molar-refractivity contribution in [1.29, 1.82) is 0 Å². The molecule has 128 valence electrons. The quantitative estimate of drug-likeness (QED) is 0.684. The van der Waals surface area contributed by atoms with Gasteiger partial charge in [0.2, 0.25) is 5.91 Å². The van der Waals surface area contributed by atoms with Crippen LogP contribution >= 0.6 is 22.7 Å². The van der Waals surface area contributed by atoms with Gasteiger partial charge in [-0.3, -0.25) is 4.79 Å². The highest BCUT2D eigenvalue weighted by Crippen LogP contribution is 2.24. The molecule has 1 aromatic carbocycles. The van der Waals surface area contributed by atoms with Crippen molar-refractivity contribution in [2.24, 2.45) is 0 Å². The van der Waals surface area contributed by atoms with Crippen LogP contribution in [0.25, 0.3) is 0 Å². The number of nitrogens with zero attached hydrogens (tertiary/aromatic N) is 2. The van der Waals surface area contributed by atoms with Gasteiger partial charge >= 0.3 is 0 Å². The molecule has 0 bridgehead atoms. The minimum absolute atomic E-state index is 0.151. The molecular formula is C19H18N2O2S2. The Morgan fingerprint density at radius 1 is 1.20 bits per heavy atom. The summed E-state index contributed by atoms with van der Waals surface area (Å²) >= 11 is 3.33. The van der Waals surface area contributed by atoms with Gasteiger partial charge in [-0.25, -0.2) is 4.98 Å². The number of hydrogen-bond donors (Lipinski definition) is 0. The molecule has 0 radical (unpaired) electrons. The van der Waals surface area contributed by atoms with Gasteiger partial charge in [0.25, 0.3) is 0 Å². The summed E-state index contributed by atoms with van der Waals surface area (Å²) in [6.07, 6.45) is 1.33. The number of fused-ring (bicyclic) bond motifs is 1. The number of para-hydroxylation sites is 1. The van der Waals surface area contributed by atoms with E-state index in [1.165, 1.54) is 10.4 Å². The van der Waals surface area contributed by atoms with Crippen molar-refractivity contribution in [1.82, 2.24) is 9.88 Å². The second kappa shape index (κ2) is 7.37. The van der Waals surface area contributed by atoms with Crippen LogP contribution in [0.2, 0.25) is 0 Å². The third-order valence-electron chi connectivity index (χ3n) is 4.20. The lowest BCUT2D eigenvalue weighted by Gasteiger charge is -2.26. The number of thiophene rings is 1. The summed E-state index contributed by atoms with van der Waals surface area (Å²) in [6, 6.07) is 11.8. The van der Waals surface area contributed by atoms with Crippen LogP contribution in [0.15, 0.2) is 47.2 Å². The first-order valence-electron chi connectivity index (χ1n) is 8.22. The van der Waals surface area contributed by atoms with Crippen molar-refractivity contribution in [3.63, 3.8) is 0 Å². The van der Waals surface area contributed by atoms with Crippen LogP contribution in [0.1, 0.15) is 21.1 Å². The minimum Gasteiger partial charge on any atom is -0.486 e. The molecular weight excluding hydrogens is 352 g/mol. The van der Waals surface area contributed by atoms with Crippen LogP contribution in [0.4, 0.5) is 0 Å². The van der Waals surface area contributed by atoms with E-state index < -0.39 is 0 Å². The zero-order chi connectivity index (χ0) is 17.1. The third kappa shape index (κ3) is 3.91. The van der Waals surface area contributed by atoms with E-state index in [4.69, 9.17) is 4.74 Å². The van der Waals surface area contributed by atoms with Crippen LogP contribution in [0.5, 0.6) is 5.75 Å². The van der Waals surface area contributed by atoms with Gasteiger partial charge in [-0.05, 0) is 35.6 Å². The monoisotopic (exact) mass is 370 g/mol. The van der Waals surface area contributed by atoms with Gasteiger partial charge < -0.3 is 9.64 Å². The minimum atomic E-state index is 0.151. The van der Waals surface area contributed by atoms with Gasteiger partial charge in [-0.15, -0.1) is 22.7 Å². The molecule has 1 aliphatic heterocycles. The normalized spacial score (nSPS) is 13.5. The zero-order valence-corrected chi connectivity index (χ0v) is 15.3. The first-order chi connectivity index (χ1) is 12.3. The smallest absolute Gasteiger partial charge is 0.228 e. The molecule has 0 atom stereocenters. The number of aromatic nitrogens is 1. The molecule has 3 aromatic rings. The summed E-state index contributed by atoms with van der Waals surface area (Å²) in [4.78, 5) is 20.4. The Bertz CT molecular complexity index is 857. The Kier molecular flexibility index (Phi) is 4.81. The highest BCUT2D eigenvalue weighted by Gasteiger charge is 2.22. The van der Waals surface area contributed by atoms with Gasteiger partial charge in [-0.1, -0.05) is 18.2 Å². The van der Waals surface area contributed by atoms with Crippen LogP contribution < -0.4 is 4.74 Å². The summed E-state index contributed by atoms with van der Waals surface area (Å²) < 4.78 is 5.71. The fourth-order valence-corrected chi connectivity index (χ4v) is 4.48. The van der Waals surface area contributed by atoms with E-state index in [0.29, 0.717) is 13.0 Å². The molecule has 3 heterocycles. The van der Waals surface area contributed by atoms with E-state index in [1.807, 2.05) is 40.6 Å². The number of ether oxygens (including phenoxy) is 1. The first-order valence-corrected chi connectivity index (χ1v) is 9.98. The molecule has 4 nitrogen and oxygen atoms in total. The fourth-order valence-electron chi connectivity index (χ4n) is 2.89. The molecule has 1 amide bonds. The number of carbonyl (C=O) groups is 1. The summed E-state index contributed by atoms with van der Waals surface area (Å²) in [5.74, 6) is 0.980. The Morgan fingerprint density at radius 3 is 2.96 bits per heavy atom. The summed E-state index contributed by atoms with van der Waals surface area (Å²) in [5, 5.41) is 4.96. The third-order valence-corrected chi connectivity index (χ3v) is 6.09. The molecule has 0 spiro atoms. The second-order valence-corrected chi connectivity index (χ2v) is 7.89. The molecule has 25 heavy (non-hydrogen) atoms. The SMILES string of the molecule is O=C(Cc1csc(COc2ccccc2)n1)N1CCc2sccc2C1. The molecule has 0 saturated carbocycles. The number of benzene rings is 1.